The van der Waals surface area contributed by atoms with Gasteiger partial charge in [0.2, 0.25) is 6.41 Å². The highest BCUT2D eigenvalue weighted by Gasteiger charge is 2.09. The summed E-state index contributed by atoms with van der Waals surface area (Å²) in [7, 11) is 2.01. The van der Waals surface area contributed by atoms with Crippen molar-refractivity contribution in [1.29, 1.82) is 0 Å². The molecule has 0 unspecified atom stereocenters. The lowest BCUT2D eigenvalue weighted by atomic mass is 10.5. The maximum absolute atomic E-state index is 10.2. The Hall–Kier alpha value is -0.610. The van der Waals surface area contributed by atoms with E-state index < -0.39 is 0 Å². The molecule has 4 nitrogen and oxygen atoms in total. The molecule has 0 bridgehead atoms. The average molecular weight is 144 g/mol. The van der Waals surface area contributed by atoms with Crippen LogP contribution in [0.15, 0.2) is 0 Å². The number of hydroxylamine groups is 2. The molecule has 1 rings (SSSR count). The van der Waals surface area contributed by atoms with Crippen molar-refractivity contribution in [1.82, 2.24) is 9.96 Å². The van der Waals surface area contributed by atoms with Crippen molar-refractivity contribution >= 4 is 6.41 Å². The predicted molar refractivity (Wildman–Crippen MR) is 36.2 cm³/mol. The van der Waals surface area contributed by atoms with E-state index in [1.165, 1.54) is 5.06 Å². The second kappa shape index (κ2) is 3.53. The molecule has 1 aliphatic rings. The first-order valence-corrected chi connectivity index (χ1v) is 3.36. The molecule has 1 aliphatic heterocycles. The van der Waals surface area contributed by atoms with E-state index in [0.29, 0.717) is 13.2 Å². The van der Waals surface area contributed by atoms with E-state index in [1.54, 1.807) is 0 Å². The summed E-state index contributed by atoms with van der Waals surface area (Å²) in [6.07, 6.45) is 0.721. The van der Waals surface area contributed by atoms with Crippen LogP contribution in [-0.4, -0.2) is 49.7 Å². The molecule has 0 aromatic carbocycles. The van der Waals surface area contributed by atoms with Gasteiger partial charge in [0.1, 0.15) is 0 Å². The van der Waals surface area contributed by atoms with Gasteiger partial charge in [0.05, 0.1) is 13.2 Å². The lowest BCUT2D eigenvalue weighted by Crippen LogP contribution is -2.26. The van der Waals surface area contributed by atoms with E-state index in [1.807, 2.05) is 7.05 Å². The van der Waals surface area contributed by atoms with Crippen LogP contribution in [-0.2, 0) is 9.63 Å². The highest BCUT2D eigenvalue weighted by Crippen LogP contribution is 1.94. The van der Waals surface area contributed by atoms with Gasteiger partial charge in [-0.1, -0.05) is 0 Å². The van der Waals surface area contributed by atoms with Gasteiger partial charge in [0, 0.05) is 13.1 Å². The van der Waals surface area contributed by atoms with Crippen LogP contribution in [0.3, 0.4) is 0 Å². The highest BCUT2D eigenvalue weighted by molar-refractivity contribution is 5.44. The van der Waals surface area contributed by atoms with Crippen LogP contribution in [0.4, 0.5) is 0 Å². The largest absolute Gasteiger partial charge is 0.302 e. The van der Waals surface area contributed by atoms with E-state index in [-0.39, 0.29) is 0 Å². The summed E-state index contributed by atoms with van der Waals surface area (Å²) in [4.78, 5) is 17.4. The van der Waals surface area contributed by atoms with Gasteiger partial charge >= 0.3 is 0 Å². The monoisotopic (exact) mass is 144 g/mol. The fourth-order valence-electron chi connectivity index (χ4n) is 0.843. The van der Waals surface area contributed by atoms with Crippen molar-refractivity contribution in [2.45, 2.75) is 0 Å². The summed E-state index contributed by atoms with van der Waals surface area (Å²) in [5, 5.41) is 1.34. The number of hydrogen-bond donors (Lipinski definition) is 0. The maximum atomic E-state index is 10.2. The first-order chi connectivity index (χ1) is 4.83. The normalized spacial score (nSPS) is 22.3. The third-order valence-corrected chi connectivity index (χ3v) is 1.55. The van der Waals surface area contributed by atoms with Crippen LogP contribution in [0.1, 0.15) is 0 Å². The number of rotatable bonds is 1. The first kappa shape index (κ1) is 7.50. The second-order valence-electron chi connectivity index (χ2n) is 2.38. The Kier molecular flexibility index (Phi) is 2.65. The molecule has 4 heteroatoms. The SMILES string of the molecule is CN1CCON(C=O)CC1. The number of amides is 1. The minimum absolute atomic E-state index is 0.606. The molecule has 0 aromatic heterocycles. The molecule has 0 radical (unpaired) electrons. The minimum Gasteiger partial charge on any atom is -0.302 e. The van der Waals surface area contributed by atoms with E-state index in [2.05, 4.69) is 4.90 Å². The zero-order chi connectivity index (χ0) is 7.40. The quantitative estimate of drug-likeness (QED) is 0.457. The average Bonchev–Trinajstić information content (AvgIpc) is 2.14. The van der Waals surface area contributed by atoms with Gasteiger partial charge in [0.15, 0.2) is 0 Å². The Labute approximate surface area is 60.3 Å². The number of carbonyl (C=O) groups is 1. The van der Waals surface area contributed by atoms with E-state index in [0.717, 1.165) is 19.5 Å². The Balaban J connectivity index is 2.32. The van der Waals surface area contributed by atoms with Crippen LogP contribution in [0.5, 0.6) is 0 Å². The summed E-state index contributed by atoms with van der Waals surface area (Å²) in [5.74, 6) is 0. The molecular weight excluding hydrogens is 132 g/mol. The summed E-state index contributed by atoms with van der Waals surface area (Å²) in [6, 6.07) is 0. The van der Waals surface area contributed by atoms with Crippen molar-refractivity contribution in [3.05, 3.63) is 0 Å². The summed E-state index contributed by atoms with van der Waals surface area (Å²) in [6.45, 7) is 3.05. The lowest BCUT2D eigenvalue weighted by Gasteiger charge is -2.12. The van der Waals surface area contributed by atoms with Crippen molar-refractivity contribution in [3.63, 3.8) is 0 Å². The molecule has 0 saturated carbocycles. The van der Waals surface area contributed by atoms with E-state index in [9.17, 15) is 4.79 Å². The Morgan fingerprint density at radius 2 is 2.20 bits per heavy atom. The molecular formula is C6H12N2O2. The third-order valence-electron chi connectivity index (χ3n) is 1.55. The van der Waals surface area contributed by atoms with Gasteiger partial charge in [-0.25, -0.2) is 5.06 Å². The Morgan fingerprint density at radius 1 is 1.40 bits per heavy atom. The van der Waals surface area contributed by atoms with Crippen LogP contribution < -0.4 is 0 Å². The molecule has 0 aliphatic carbocycles. The van der Waals surface area contributed by atoms with Gasteiger partial charge in [-0.05, 0) is 7.05 Å². The first-order valence-electron chi connectivity index (χ1n) is 3.36. The van der Waals surface area contributed by atoms with Gasteiger partial charge in [-0.2, -0.15) is 0 Å². The van der Waals surface area contributed by atoms with Crippen molar-refractivity contribution < 1.29 is 9.63 Å². The summed E-state index contributed by atoms with van der Waals surface area (Å²) < 4.78 is 0. The van der Waals surface area contributed by atoms with Crippen molar-refractivity contribution in [2.75, 3.05) is 33.3 Å². The Bertz CT molecular complexity index is 118. The van der Waals surface area contributed by atoms with Gasteiger partial charge in [-0.3, -0.25) is 9.63 Å². The van der Waals surface area contributed by atoms with Gasteiger partial charge in [0.25, 0.3) is 0 Å². The fourth-order valence-corrected chi connectivity index (χ4v) is 0.843. The van der Waals surface area contributed by atoms with Crippen molar-refractivity contribution in [2.24, 2.45) is 0 Å². The topological polar surface area (TPSA) is 32.8 Å². The van der Waals surface area contributed by atoms with Gasteiger partial charge in [-0.15, -0.1) is 0 Å². The minimum atomic E-state index is 0.606. The Morgan fingerprint density at radius 3 is 2.90 bits per heavy atom. The number of carbonyl (C=O) groups excluding carboxylic acids is 1. The number of nitrogens with zero attached hydrogens (tertiary/aromatic N) is 2. The van der Waals surface area contributed by atoms with Gasteiger partial charge < -0.3 is 4.90 Å². The summed E-state index contributed by atoms with van der Waals surface area (Å²) in [5.41, 5.74) is 0. The summed E-state index contributed by atoms with van der Waals surface area (Å²) >= 11 is 0. The zero-order valence-corrected chi connectivity index (χ0v) is 6.12. The molecule has 10 heavy (non-hydrogen) atoms. The molecule has 58 valence electrons. The van der Waals surface area contributed by atoms with Crippen LogP contribution in [0.2, 0.25) is 0 Å². The van der Waals surface area contributed by atoms with Crippen LogP contribution in [0.25, 0.3) is 0 Å². The second-order valence-corrected chi connectivity index (χ2v) is 2.38. The van der Waals surface area contributed by atoms with E-state index in [4.69, 9.17) is 4.84 Å². The molecule has 1 heterocycles. The zero-order valence-electron chi connectivity index (χ0n) is 6.12. The molecule has 1 amide bonds. The molecule has 0 aromatic rings. The number of hydrogen-bond acceptors (Lipinski definition) is 3. The van der Waals surface area contributed by atoms with E-state index >= 15 is 0 Å². The fraction of sp³-hybridized carbons (Fsp3) is 0.833. The van der Waals surface area contributed by atoms with Crippen LogP contribution >= 0.6 is 0 Å². The molecule has 1 saturated heterocycles. The van der Waals surface area contributed by atoms with Crippen molar-refractivity contribution in [3.8, 4) is 0 Å². The van der Waals surface area contributed by atoms with Crippen LogP contribution in [0, 0.1) is 0 Å². The standard InChI is InChI=1S/C6H12N2O2/c1-7-2-3-8(6-9)10-5-4-7/h6H,2-5H2,1H3. The number of likely N-dealkylation sites (N-methyl/N-ethyl adjacent to an activating group) is 1. The predicted octanol–water partition coefficient (Wildman–Crippen LogP) is -0.678. The molecule has 1 fully saturated rings. The lowest BCUT2D eigenvalue weighted by molar-refractivity contribution is -0.166. The molecule has 0 atom stereocenters. The molecule has 0 N–H and O–H groups in total. The molecule has 0 spiro atoms. The maximum Gasteiger partial charge on any atom is 0.233 e. The smallest absolute Gasteiger partial charge is 0.233 e. The highest BCUT2D eigenvalue weighted by atomic mass is 16.7. The third kappa shape index (κ3) is 1.97.